The van der Waals surface area contributed by atoms with E-state index in [1.54, 1.807) is 30.4 Å². The zero-order chi connectivity index (χ0) is 12.1. The minimum atomic E-state index is -0.312. The molecule has 0 spiro atoms. The monoisotopic (exact) mass is 224 g/mol. The zero-order valence-corrected chi connectivity index (χ0v) is 9.24. The highest BCUT2D eigenvalue weighted by molar-refractivity contribution is 6.05. The first-order valence-electron chi connectivity index (χ1n) is 5.43. The van der Waals surface area contributed by atoms with Crippen LogP contribution in [-0.4, -0.2) is 11.6 Å². The van der Waals surface area contributed by atoms with Gasteiger partial charge >= 0.3 is 0 Å². The molecule has 1 aromatic rings. The standard InChI is InChI=1S/C15H12O2/c16-14-9-5-4-8-13(14)10-11-15(17)12-6-2-1-3-7-12/h1-11,13H. The topological polar surface area (TPSA) is 34.1 Å². The summed E-state index contributed by atoms with van der Waals surface area (Å²) in [5.41, 5.74) is 0.631. The van der Waals surface area contributed by atoms with E-state index in [1.165, 1.54) is 12.2 Å². The second-order valence-corrected chi connectivity index (χ2v) is 3.76. The van der Waals surface area contributed by atoms with E-state index in [0.29, 0.717) is 5.56 Å². The highest BCUT2D eigenvalue weighted by atomic mass is 16.1. The van der Waals surface area contributed by atoms with Gasteiger partial charge in [-0.15, -0.1) is 0 Å². The summed E-state index contributed by atoms with van der Waals surface area (Å²) in [5.74, 6) is -0.390. The minimum absolute atomic E-state index is 0.00427. The van der Waals surface area contributed by atoms with Gasteiger partial charge in [0, 0.05) is 5.56 Å². The minimum Gasteiger partial charge on any atom is -0.294 e. The fraction of sp³-hybridized carbons (Fsp3) is 0.0667. The van der Waals surface area contributed by atoms with Crippen LogP contribution in [0.5, 0.6) is 0 Å². The molecule has 2 heteroatoms. The van der Waals surface area contributed by atoms with Crippen molar-refractivity contribution in [3.63, 3.8) is 0 Å². The third-order valence-electron chi connectivity index (χ3n) is 2.53. The number of rotatable bonds is 3. The maximum Gasteiger partial charge on any atom is 0.185 e. The largest absolute Gasteiger partial charge is 0.294 e. The molecule has 1 aromatic carbocycles. The number of hydrogen-bond acceptors (Lipinski definition) is 2. The van der Waals surface area contributed by atoms with Gasteiger partial charge in [-0.25, -0.2) is 0 Å². The Kier molecular flexibility index (Phi) is 3.46. The molecule has 2 nitrogen and oxygen atoms in total. The Labute approximate surface area is 100.0 Å². The van der Waals surface area contributed by atoms with E-state index in [9.17, 15) is 9.59 Å². The predicted octanol–water partition coefficient (Wildman–Crippen LogP) is 2.74. The first-order chi connectivity index (χ1) is 8.27. The van der Waals surface area contributed by atoms with Crippen LogP contribution in [0, 0.1) is 5.92 Å². The molecule has 0 radical (unpaired) electrons. The van der Waals surface area contributed by atoms with Crippen molar-refractivity contribution in [3.8, 4) is 0 Å². The van der Waals surface area contributed by atoms with Crippen molar-refractivity contribution in [2.45, 2.75) is 0 Å². The van der Waals surface area contributed by atoms with Crippen LogP contribution in [0.1, 0.15) is 10.4 Å². The number of ketones is 2. The predicted molar refractivity (Wildman–Crippen MR) is 66.7 cm³/mol. The number of allylic oxidation sites excluding steroid dienone is 6. The summed E-state index contributed by atoms with van der Waals surface area (Å²) < 4.78 is 0. The normalized spacial score (nSPS) is 18.8. The van der Waals surface area contributed by atoms with Gasteiger partial charge in [0.25, 0.3) is 0 Å². The molecular formula is C15H12O2. The lowest BCUT2D eigenvalue weighted by atomic mass is 9.98. The van der Waals surface area contributed by atoms with E-state index in [0.717, 1.165) is 0 Å². The van der Waals surface area contributed by atoms with Crippen LogP contribution >= 0.6 is 0 Å². The van der Waals surface area contributed by atoms with Crippen LogP contribution in [0.25, 0.3) is 0 Å². The fourth-order valence-corrected chi connectivity index (χ4v) is 1.59. The SMILES string of the molecule is O=C(C=CC1C=CC=CC1=O)c1ccccc1. The lowest BCUT2D eigenvalue weighted by Gasteiger charge is -2.05. The van der Waals surface area contributed by atoms with Crippen molar-refractivity contribution in [2.75, 3.05) is 0 Å². The van der Waals surface area contributed by atoms with Crippen LogP contribution in [0.2, 0.25) is 0 Å². The third-order valence-corrected chi connectivity index (χ3v) is 2.53. The molecule has 0 aliphatic heterocycles. The van der Waals surface area contributed by atoms with Gasteiger partial charge in [0.1, 0.15) is 0 Å². The van der Waals surface area contributed by atoms with Gasteiger partial charge < -0.3 is 0 Å². The lowest BCUT2D eigenvalue weighted by molar-refractivity contribution is -0.115. The van der Waals surface area contributed by atoms with Gasteiger partial charge in [-0.05, 0) is 12.2 Å². The molecule has 0 fully saturated rings. The third kappa shape index (κ3) is 2.88. The highest BCUT2D eigenvalue weighted by Gasteiger charge is 2.11. The molecule has 1 unspecified atom stereocenters. The fourth-order valence-electron chi connectivity index (χ4n) is 1.59. The second-order valence-electron chi connectivity index (χ2n) is 3.76. The summed E-state index contributed by atoms with van der Waals surface area (Å²) in [4.78, 5) is 23.2. The van der Waals surface area contributed by atoms with E-state index in [4.69, 9.17) is 0 Å². The molecule has 1 atom stereocenters. The lowest BCUT2D eigenvalue weighted by Crippen LogP contribution is -2.09. The van der Waals surface area contributed by atoms with Crippen molar-refractivity contribution in [3.05, 3.63) is 72.4 Å². The van der Waals surface area contributed by atoms with Gasteiger partial charge in [-0.1, -0.05) is 54.6 Å². The number of carbonyl (C=O) groups excluding carboxylic acids is 2. The summed E-state index contributed by atoms with van der Waals surface area (Å²) in [6.07, 6.45) is 9.90. The molecule has 0 aromatic heterocycles. The molecule has 0 saturated heterocycles. The van der Waals surface area contributed by atoms with Crippen molar-refractivity contribution in [1.29, 1.82) is 0 Å². The number of carbonyl (C=O) groups is 2. The van der Waals surface area contributed by atoms with Crippen LogP contribution < -0.4 is 0 Å². The number of benzene rings is 1. The molecule has 0 amide bonds. The Morgan fingerprint density at radius 1 is 1.12 bits per heavy atom. The van der Waals surface area contributed by atoms with Gasteiger partial charge in [0.15, 0.2) is 11.6 Å². The van der Waals surface area contributed by atoms with E-state index in [2.05, 4.69) is 0 Å². The second kappa shape index (κ2) is 5.21. The van der Waals surface area contributed by atoms with E-state index in [1.807, 2.05) is 24.3 Å². The Morgan fingerprint density at radius 2 is 1.88 bits per heavy atom. The van der Waals surface area contributed by atoms with E-state index >= 15 is 0 Å². The van der Waals surface area contributed by atoms with Gasteiger partial charge in [-0.3, -0.25) is 9.59 Å². The zero-order valence-electron chi connectivity index (χ0n) is 9.24. The summed E-state index contributed by atoms with van der Waals surface area (Å²) in [6.45, 7) is 0. The van der Waals surface area contributed by atoms with Gasteiger partial charge in [-0.2, -0.15) is 0 Å². The van der Waals surface area contributed by atoms with Crippen LogP contribution in [0.4, 0.5) is 0 Å². The molecule has 0 heterocycles. The maximum atomic E-state index is 11.8. The van der Waals surface area contributed by atoms with Crippen molar-refractivity contribution in [1.82, 2.24) is 0 Å². The molecular weight excluding hydrogens is 212 g/mol. The Hall–Kier alpha value is -2.22. The summed E-state index contributed by atoms with van der Waals surface area (Å²) >= 11 is 0. The summed E-state index contributed by atoms with van der Waals surface area (Å²) in [5, 5.41) is 0. The summed E-state index contributed by atoms with van der Waals surface area (Å²) in [6, 6.07) is 9.00. The first kappa shape index (κ1) is 11.3. The van der Waals surface area contributed by atoms with Crippen molar-refractivity contribution < 1.29 is 9.59 Å². The molecule has 1 aliphatic carbocycles. The quantitative estimate of drug-likeness (QED) is 0.584. The van der Waals surface area contributed by atoms with Crippen LogP contribution in [0.3, 0.4) is 0 Å². The smallest absolute Gasteiger partial charge is 0.185 e. The van der Waals surface area contributed by atoms with Crippen LogP contribution in [-0.2, 0) is 4.79 Å². The van der Waals surface area contributed by atoms with Crippen LogP contribution in [0.15, 0.2) is 66.8 Å². The van der Waals surface area contributed by atoms with E-state index in [-0.39, 0.29) is 17.5 Å². The molecule has 84 valence electrons. The van der Waals surface area contributed by atoms with E-state index < -0.39 is 0 Å². The molecule has 0 saturated carbocycles. The maximum absolute atomic E-state index is 11.8. The van der Waals surface area contributed by atoms with Gasteiger partial charge in [0.2, 0.25) is 0 Å². The molecule has 0 bridgehead atoms. The molecule has 0 N–H and O–H groups in total. The highest BCUT2D eigenvalue weighted by Crippen LogP contribution is 2.10. The van der Waals surface area contributed by atoms with Crippen molar-refractivity contribution >= 4 is 11.6 Å². The Bertz CT molecular complexity index is 507. The first-order valence-corrected chi connectivity index (χ1v) is 5.43. The Morgan fingerprint density at radius 3 is 2.59 bits per heavy atom. The molecule has 17 heavy (non-hydrogen) atoms. The molecule has 1 aliphatic rings. The van der Waals surface area contributed by atoms with Crippen molar-refractivity contribution in [2.24, 2.45) is 5.92 Å². The van der Waals surface area contributed by atoms with Gasteiger partial charge in [0.05, 0.1) is 5.92 Å². The summed E-state index contributed by atoms with van der Waals surface area (Å²) in [7, 11) is 0. The Balaban J connectivity index is 2.07. The average molecular weight is 224 g/mol. The number of hydrogen-bond donors (Lipinski definition) is 0. The average Bonchev–Trinajstić information content (AvgIpc) is 2.38. The molecule has 2 rings (SSSR count).